The highest BCUT2D eigenvalue weighted by atomic mass is 32.1. The lowest BCUT2D eigenvalue weighted by Crippen LogP contribution is -2.19. The van der Waals surface area contributed by atoms with Gasteiger partial charge in [-0.05, 0) is 32.1 Å². The number of hydrogen-bond acceptors (Lipinski definition) is 3. The molecule has 0 bridgehead atoms. The number of nitrogens with one attached hydrogen (secondary N) is 1. The lowest BCUT2D eigenvalue weighted by molar-refractivity contribution is 0.418. The Hall–Kier alpha value is -1.19. The molecule has 110 valence electrons. The number of aromatic nitrogens is 1. The van der Waals surface area contributed by atoms with Gasteiger partial charge in [0.25, 0.3) is 0 Å². The van der Waals surface area contributed by atoms with Crippen molar-refractivity contribution < 1.29 is 0 Å². The van der Waals surface area contributed by atoms with Crippen LogP contribution in [0.2, 0.25) is 0 Å². The fourth-order valence-electron chi connectivity index (χ4n) is 2.87. The van der Waals surface area contributed by atoms with Gasteiger partial charge in [-0.15, -0.1) is 11.3 Å². The first-order chi connectivity index (χ1) is 10.4. The largest absolute Gasteiger partial charge is 0.314 e. The summed E-state index contributed by atoms with van der Waals surface area (Å²) < 4.78 is 0. The summed E-state index contributed by atoms with van der Waals surface area (Å²) in [5.74, 6) is 0.739. The van der Waals surface area contributed by atoms with Crippen LogP contribution in [0, 0.1) is 0 Å². The Bertz CT molecular complexity index is 597. The SMILES string of the molecule is c1ccc(-c2nc(C3CCC3)sc2CCNC2CC2)cc1. The minimum atomic E-state index is 0.739. The lowest BCUT2D eigenvalue weighted by Gasteiger charge is -2.22. The second kappa shape index (κ2) is 5.90. The highest BCUT2D eigenvalue weighted by molar-refractivity contribution is 7.12. The van der Waals surface area contributed by atoms with E-state index in [0.29, 0.717) is 0 Å². The molecule has 1 aromatic carbocycles. The van der Waals surface area contributed by atoms with Crippen LogP contribution in [-0.2, 0) is 6.42 Å². The van der Waals surface area contributed by atoms with E-state index in [1.165, 1.54) is 53.2 Å². The van der Waals surface area contributed by atoms with E-state index in [-0.39, 0.29) is 0 Å². The van der Waals surface area contributed by atoms with Crippen molar-refractivity contribution in [3.63, 3.8) is 0 Å². The summed E-state index contributed by atoms with van der Waals surface area (Å²) >= 11 is 1.96. The average molecular weight is 298 g/mol. The Morgan fingerprint density at radius 1 is 1.10 bits per heavy atom. The van der Waals surface area contributed by atoms with Crippen molar-refractivity contribution in [3.8, 4) is 11.3 Å². The number of hydrogen-bond donors (Lipinski definition) is 1. The third kappa shape index (κ3) is 3.04. The summed E-state index contributed by atoms with van der Waals surface area (Å²) in [4.78, 5) is 6.48. The first-order valence-corrected chi connectivity index (χ1v) is 9.00. The predicted molar refractivity (Wildman–Crippen MR) is 88.9 cm³/mol. The molecule has 3 heteroatoms. The van der Waals surface area contributed by atoms with E-state index in [9.17, 15) is 0 Å². The van der Waals surface area contributed by atoms with Gasteiger partial charge in [0.15, 0.2) is 0 Å². The summed E-state index contributed by atoms with van der Waals surface area (Å²) in [6.45, 7) is 1.09. The molecule has 2 aliphatic carbocycles. The van der Waals surface area contributed by atoms with Gasteiger partial charge < -0.3 is 5.32 Å². The fourth-order valence-corrected chi connectivity index (χ4v) is 4.12. The molecule has 0 aliphatic heterocycles. The molecule has 4 rings (SSSR count). The molecule has 1 heterocycles. The normalized spacial score (nSPS) is 18.7. The summed E-state index contributed by atoms with van der Waals surface area (Å²) in [6.07, 6.45) is 7.89. The van der Waals surface area contributed by atoms with Crippen LogP contribution in [0.25, 0.3) is 11.3 Å². The van der Waals surface area contributed by atoms with Gasteiger partial charge in [-0.25, -0.2) is 4.98 Å². The number of nitrogens with zero attached hydrogens (tertiary/aromatic N) is 1. The molecular weight excluding hydrogens is 276 g/mol. The maximum absolute atomic E-state index is 5.01. The molecule has 21 heavy (non-hydrogen) atoms. The van der Waals surface area contributed by atoms with Crippen LogP contribution in [0.15, 0.2) is 30.3 Å². The van der Waals surface area contributed by atoms with Crippen molar-refractivity contribution in [2.24, 2.45) is 0 Å². The highest BCUT2D eigenvalue weighted by Crippen LogP contribution is 2.41. The number of thiazole rings is 1. The van der Waals surface area contributed by atoms with Crippen molar-refractivity contribution >= 4 is 11.3 Å². The van der Waals surface area contributed by atoms with E-state index in [4.69, 9.17) is 4.98 Å². The van der Waals surface area contributed by atoms with E-state index in [2.05, 4.69) is 35.6 Å². The standard InChI is InChI=1S/C18H22N2S/c1-2-5-13(6-3-1)17-16(11-12-19-15-9-10-15)21-18(20-17)14-7-4-8-14/h1-3,5-6,14-15,19H,4,7-12H2. The first-order valence-electron chi connectivity index (χ1n) is 8.18. The summed E-state index contributed by atoms with van der Waals surface area (Å²) in [7, 11) is 0. The van der Waals surface area contributed by atoms with Gasteiger partial charge >= 0.3 is 0 Å². The van der Waals surface area contributed by atoms with Crippen LogP contribution in [0.4, 0.5) is 0 Å². The maximum atomic E-state index is 5.01. The molecule has 2 fully saturated rings. The van der Waals surface area contributed by atoms with Gasteiger partial charge in [-0.3, -0.25) is 0 Å². The minimum absolute atomic E-state index is 0.739. The molecule has 1 N–H and O–H groups in total. The second-order valence-electron chi connectivity index (χ2n) is 6.30. The number of rotatable bonds is 6. The van der Waals surface area contributed by atoms with Gasteiger partial charge in [0.1, 0.15) is 0 Å². The fraction of sp³-hybridized carbons (Fsp3) is 0.500. The topological polar surface area (TPSA) is 24.9 Å². The third-order valence-corrected chi connectivity index (χ3v) is 5.86. The van der Waals surface area contributed by atoms with E-state index >= 15 is 0 Å². The number of benzene rings is 1. The average Bonchev–Trinajstić information content (AvgIpc) is 3.18. The molecule has 0 amide bonds. The Balaban J connectivity index is 1.57. The Kier molecular flexibility index (Phi) is 3.78. The molecular formula is C18H22N2S. The lowest BCUT2D eigenvalue weighted by atomic mass is 9.86. The van der Waals surface area contributed by atoms with Crippen LogP contribution in [0.3, 0.4) is 0 Å². The molecule has 0 saturated heterocycles. The molecule has 0 spiro atoms. The van der Waals surface area contributed by atoms with Crippen LogP contribution in [-0.4, -0.2) is 17.6 Å². The maximum Gasteiger partial charge on any atom is 0.0966 e. The second-order valence-corrected chi connectivity index (χ2v) is 7.41. The van der Waals surface area contributed by atoms with Crippen molar-refractivity contribution in [2.45, 2.75) is 50.5 Å². The zero-order valence-electron chi connectivity index (χ0n) is 12.3. The highest BCUT2D eigenvalue weighted by Gasteiger charge is 2.25. The zero-order valence-corrected chi connectivity index (χ0v) is 13.2. The van der Waals surface area contributed by atoms with Gasteiger partial charge in [0.05, 0.1) is 10.7 Å². The molecule has 2 aliphatic rings. The minimum Gasteiger partial charge on any atom is -0.314 e. The monoisotopic (exact) mass is 298 g/mol. The van der Waals surface area contributed by atoms with Crippen LogP contribution in [0.1, 0.15) is 47.9 Å². The Labute approximate surface area is 130 Å². The Morgan fingerprint density at radius 2 is 1.90 bits per heavy atom. The third-order valence-electron chi connectivity index (χ3n) is 4.58. The molecule has 0 unspecified atom stereocenters. The Morgan fingerprint density at radius 3 is 2.57 bits per heavy atom. The van der Waals surface area contributed by atoms with Gasteiger partial charge in [-0.2, -0.15) is 0 Å². The molecule has 2 aromatic rings. The van der Waals surface area contributed by atoms with Gasteiger partial charge in [0, 0.05) is 28.9 Å². The van der Waals surface area contributed by atoms with E-state index in [1.807, 2.05) is 11.3 Å². The summed E-state index contributed by atoms with van der Waals surface area (Å²) in [6, 6.07) is 11.5. The van der Waals surface area contributed by atoms with E-state index in [1.54, 1.807) is 0 Å². The molecule has 2 saturated carbocycles. The van der Waals surface area contributed by atoms with Crippen LogP contribution in [0.5, 0.6) is 0 Å². The molecule has 2 nitrogen and oxygen atoms in total. The zero-order chi connectivity index (χ0) is 14.1. The van der Waals surface area contributed by atoms with E-state index < -0.39 is 0 Å². The van der Waals surface area contributed by atoms with E-state index in [0.717, 1.165) is 24.9 Å². The van der Waals surface area contributed by atoms with Gasteiger partial charge in [0.2, 0.25) is 0 Å². The van der Waals surface area contributed by atoms with Gasteiger partial charge in [-0.1, -0.05) is 36.8 Å². The van der Waals surface area contributed by atoms with Crippen molar-refractivity contribution in [1.29, 1.82) is 0 Å². The van der Waals surface area contributed by atoms with Crippen molar-refractivity contribution in [1.82, 2.24) is 10.3 Å². The summed E-state index contributed by atoms with van der Waals surface area (Å²) in [5.41, 5.74) is 2.51. The predicted octanol–water partition coefficient (Wildman–Crippen LogP) is 4.37. The molecule has 1 aromatic heterocycles. The quantitative estimate of drug-likeness (QED) is 0.856. The molecule has 0 atom stereocenters. The first kappa shape index (κ1) is 13.5. The smallest absolute Gasteiger partial charge is 0.0966 e. The van der Waals surface area contributed by atoms with Crippen molar-refractivity contribution in [3.05, 3.63) is 40.2 Å². The van der Waals surface area contributed by atoms with Crippen LogP contribution >= 0.6 is 11.3 Å². The summed E-state index contributed by atoms with van der Waals surface area (Å²) in [5, 5.41) is 5.01. The van der Waals surface area contributed by atoms with Crippen molar-refractivity contribution in [2.75, 3.05) is 6.54 Å². The van der Waals surface area contributed by atoms with Crippen LogP contribution < -0.4 is 5.32 Å². The molecule has 0 radical (unpaired) electrons.